The van der Waals surface area contributed by atoms with E-state index in [1.807, 2.05) is 17.9 Å². The van der Waals surface area contributed by atoms with Gasteiger partial charge in [0.2, 0.25) is 0 Å². The molecule has 0 spiro atoms. The Balaban J connectivity index is 2.24. The fourth-order valence-corrected chi connectivity index (χ4v) is 2.28. The predicted molar refractivity (Wildman–Crippen MR) is 61.8 cm³/mol. The zero-order valence-corrected chi connectivity index (χ0v) is 10.2. The number of aromatic nitrogens is 1. The molecular formula is C11H13BrN2O. The summed E-state index contributed by atoms with van der Waals surface area (Å²) in [5, 5.41) is 0. The molecule has 1 fully saturated rings. The first-order chi connectivity index (χ1) is 7.18. The van der Waals surface area contributed by atoms with Crippen molar-refractivity contribution >= 4 is 21.8 Å². The summed E-state index contributed by atoms with van der Waals surface area (Å²) in [6.45, 7) is 3.66. The maximum Gasteiger partial charge on any atom is 0.272 e. The summed E-state index contributed by atoms with van der Waals surface area (Å²) in [4.78, 5) is 18.1. The lowest BCUT2D eigenvalue weighted by molar-refractivity contribution is 0.0786. The molecule has 1 aromatic rings. The molecule has 0 aromatic carbocycles. The van der Waals surface area contributed by atoms with Crippen LogP contribution in [0.5, 0.6) is 0 Å². The zero-order valence-electron chi connectivity index (χ0n) is 8.66. The molecule has 0 N–H and O–H groups in total. The number of hydrogen-bond donors (Lipinski definition) is 0. The average Bonchev–Trinajstić information content (AvgIpc) is 2.69. The third kappa shape index (κ3) is 2.20. The molecule has 1 aromatic heterocycles. The van der Waals surface area contributed by atoms with Crippen LogP contribution < -0.4 is 0 Å². The second-order valence-electron chi connectivity index (χ2n) is 3.82. The van der Waals surface area contributed by atoms with Crippen molar-refractivity contribution in [3.05, 3.63) is 28.0 Å². The van der Waals surface area contributed by atoms with Gasteiger partial charge in [-0.2, -0.15) is 0 Å². The highest BCUT2D eigenvalue weighted by molar-refractivity contribution is 9.10. The van der Waals surface area contributed by atoms with Gasteiger partial charge in [-0.25, -0.2) is 4.98 Å². The van der Waals surface area contributed by atoms with Crippen molar-refractivity contribution in [2.24, 2.45) is 0 Å². The molecule has 2 rings (SSSR count). The van der Waals surface area contributed by atoms with Crippen LogP contribution in [-0.2, 0) is 0 Å². The summed E-state index contributed by atoms with van der Waals surface area (Å²) < 4.78 is 0.915. The summed E-state index contributed by atoms with van der Waals surface area (Å²) in [6, 6.07) is 1.93. The van der Waals surface area contributed by atoms with Crippen molar-refractivity contribution in [3.63, 3.8) is 0 Å². The standard InChI is InChI=1S/C11H13BrN2O/c1-8-6-9(12)7-13-10(8)11(15)14-4-2-3-5-14/h6-7H,2-5H2,1H3. The van der Waals surface area contributed by atoms with E-state index in [9.17, 15) is 4.79 Å². The smallest absolute Gasteiger partial charge is 0.272 e. The fourth-order valence-electron chi connectivity index (χ4n) is 1.83. The molecule has 15 heavy (non-hydrogen) atoms. The summed E-state index contributed by atoms with van der Waals surface area (Å²) in [5.74, 6) is 0.0671. The van der Waals surface area contributed by atoms with Gasteiger partial charge in [0.1, 0.15) is 5.69 Å². The van der Waals surface area contributed by atoms with Crippen LogP contribution in [0, 0.1) is 6.92 Å². The van der Waals surface area contributed by atoms with Crippen LogP contribution in [0.25, 0.3) is 0 Å². The molecule has 4 heteroatoms. The lowest BCUT2D eigenvalue weighted by Gasteiger charge is -2.15. The molecule has 1 amide bonds. The van der Waals surface area contributed by atoms with Gasteiger partial charge in [-0.15, -0.1) is 0 Å². The van der Waals surface area contributed by atoms with Gasteiger partial charge in [-0.1, -0.05) is 0 Å². The highest BCUT2D eigenvalue weighted by atomic mass is 79.9. The highest BCUT2D eigenvalue weighted by Gasteiger charge is 2.21. The Morgan fingerprint density at radius 3 is 2.73 bits per heavy atom. The molecule has 0 saturated carbocycles. The minimum absolute atomic E-state index is 0.0671. The Kier molecular flexibility index (Phi) is 3.05. The van der Waals surface area contributed by atoms with Crippen LogP contribution in [0.2, 0.25) is 0 Å². The summed E-state index contributed by atoms with van der Waals surface area (Å²) in [7, 11) is 0. The number of hydrogen-bond acceptors (Lipinski definition) is 2. The van der Waals surface area contributed by atoms with Crippen LogP contribution in [-0.4, -0.2) is 28.9 Å². The third-order valence-electron chi connectivity index (χ3n) is 2.64. The molecule has 0 atom stereocenters. The third-order valence-corrected chi connectivity index (χ3v) is 3.07. The van der Waals surface area contributed by atoms with Crippen LogP contribution in [0.4, 0.5) is 0 Å². The van der Waals surface area contributed by atoms with Crippen molar-refractivity contribution in [2.45, 2.75) is 19.8 Å². The van der Waals surface area contributed by atoms with Gasteiger partial charge in [0.25, 0.3) is 5.91 Å². The molecule has 3 nitrogen and oxygen atoms in total. The lowest BCUT2D eigenvalue weighted by atomic mass is 10.2. The second kappa shape index (κ2) is 4.31. The number of aryl methyl sites for hydroxylation is 1. The van der Waals surface area contributed by atoms with Gasteiger partial charge in [0.05, 0.1) is 0 Å². The number of amides is 1. The first kappa shape index (κ1) is 10.6. The zero-order chi connectivity index (χ0) is 10.8. The van der Waals surface area contributed by atoms with Crippen molar-refractivity contribution in [2.75, 3.05) is 13.1 Å². The lowest BCUT2D eigenvalue weighted by Crippen LogP contribution is -2.29. The van der Waals surface area contributed by atoms with E-state index in [-0.39, 0.29) is 5.91 Å². The van der Waals surface area contributed by atoms with Crippen molar-refractivity contribution in [1.29, 1.82) is 0 Å². The van der Waals surface area contributed by atoms with E-state index in [1.165, 1.54) is 0 Å². The molecule has 2 heterocycles. The Labute approximate surface area is 97.6 Å². The van der Waals surface area contributed by atoms with Crippen LogP contribution in [0.15, 0.2) is 16.7 Å². The molecule has 80 valence electrons. The van der Waals surface area contributed by atoms with E-state index >= 15 is 0 Å². The predicted octanol–water partition coefficient (Wildman–Crippen LogP) is 2.39. The maximum atomic E-state index is 12.0. The number of halogens is 1. The molecule has 0 aliphatic carbocycles. The molecule has 1 saturated heterocycles. The van der Waals surface area contributed by atoms with Crippen molar-refractivity contribution < 1.29 is 4.79 Å². The van der Waals surface area contributed by atoms with Crippen molar-refractivity contribution in [3.8, 4) is 0 Å². The van der Waals surface area contributed by atoms with Gasteiger partial charge in [0, 0.05) is 23.8 Å². The molecule has 0 bridgehead atoms. The number of carbonyl (C=O) groups excluding carboxylic acids is 1. The van der Waals surface area contributed by atoms with Gasteiger partial charge in [-0.05, 0) is 47.3 Å². The normalized spacial score (nSPS) is 15.7. The van der Waals surface area contributed by atoms with Crippen LogP contribution in [0.3, 0.4) is 0 Å². The second-order valence-corrected chi connectivity index (χ2v) is 4.73. The quantitative estimate of drug-likeness (QED) is 0.784. The SMILES string of the molecule is Cc1cc(Br)cnc1C(=O)N1CCCC1. The number of pyridine rings is 1. The number of likely N-dealkylation sites (tertiary alicyclic amines) is 1. The molecule has 0 radical (unpaired) electrons. The largest absolute Gasteiger partial charge is 0.337 e. The highest BCUT2D eigenvalue weighted by Crippen LogP contribution is 2.17. The number of carbonyl (C=O) groups is 1. The van der Waals surface area contributed by atoms with Crippen LogP contribution >= 0.6 is 15.9 Å². The van der Waals surface area contributed by atoms with E-state index in [2.05, 4.69) is 20.9 Å². The maximum absolute atomic E-state index is 12.0. The fraction of sp³-hybridized carbons (Fsp3) is 0.455. The summed E-state index contributed by atoms with van der Waals surface area (Å²) in [6.07, 6.45) is 3.90. The van der Waals surface area contributed by atoms with Crippen LogP contribution in [0.1, 0.15) is 28.9 Å². The monoisotopic (exact) mass is 268 g/mol. The minimum Gasteiger partial charge on any atom is -0.337 e. The van der Waals surface area contributed by atoms with E-state index in [0.717, 1.165) is 36.0 Å². The van der Waals surface area contributed by atoms with E-state index in [1.54, 1.807) is 6.20 Å². The van der Waals surface area contributed by atoms with Gasteiger partial charge < -0.3 is 4.90 Å². The first-order valence-electron chi connectivity index (χ1n) is 5.10. The van der Waals surface area contributed by atoms with Gasteiger partial charge in [0.15, 0.2) is 0 Å². The van der Waals surface area contributed by atoms with Gasteiger partial charge >= 0.3 is 0 Å². The Morgan fingerprint density at radius 2 is 2.13 bits per heavy atom. The molecule has 1 aliphatic heterocycles. The molecule has 1 aliphatic rings. The molecule has 0 unspecified atom stereocenters. The summed E-state index contributed by atoms with van der Waals surface area (Å²) >= 11 is 3.34. The van der Waals surface area contributed by atoms with Gasteiger partial charge in [-0.3, -0.25) is 4.79 Å². The topological polar surface area (TPSA) is 33.2 Å². The first-order valence-corrected chi connectivity index (χ1v) is 5.89. The number of nitrogens with zero attached hydrogens (tertiary/aromatic N) is 2. The van der Waals surface area contributed by atoms with E-state index in [0.29, 0.717) is 5.69 Å². The summed E-state index contributed by atoms with van der Waals surface area (Å²) in [5.41, 5.74) is 1.52. The van der Waals surface area contributed by atoms with Crippen molar-refractivity contribution in [1.82, 2.24) is 9.88 Å². The molecular weight excluding hydrogens is 256 g/mol. The Morgan fingerprint density at radius 1 is 1.47 bits per heavy atom. The average molecular weight is 269 g/mol. The Bertz CT molecular complexity index is 386. The minimum atomic E-state index is 0.0671. The van der Waals surface area contributed by atoms with E-state index in [4.69, 9.17) is 0 Å². The Hall–Kier alpha value is -0.900. The van der Waals surface area contributed by atoms with E-state index < -0.39 is 0 Å². The number of rotatable bonds is 1.